The van der Waals surface area contributed by atoms with Gasteiger partial charge in [-0.1, -0.05) is 49.4 Å². The van der Waals surface area contributed by atoms with Crippen molar-refractivity contribution in [2.75, 3.05) is 4.90 Å². The van der Waals surface area contributed by atoms with E-state index in [0.29, 0.717) is 16.9 Å². The summed E-state index contributed by atoms with van der Waals surface area (Å²) < 4.78 is 26.0. The minimum Gasteiger partial charge on any atom is -0.503 e. The third-order valence-electron chi connectivity index (χ3n) is 5.81. The van der Waals surface area contributed by atoms with Gasteiger partial charge in [-0.15, -0.1) is 0 Å². The molecule has 1 N–H and O–H groups in total. The highest BCUT2D eigenvalue weighted by molar-refractivity contribution is 7.93. The summed E-state index contributed by atoms with van der Waals surface area (Å²) in [6.07, 6.45) is 1.08. The van der Waals surface area contributed by atoms with Crippen molar-refractivity contribution in [1.82, 2.24) is 4.98 Å². The highest BCUT2D eigenvalue weighted by Gasteiger charge is 2.45. The quantitative estimate of drug-likeness (QED) is 0.349. The molecule has 4 rings (SSSR count). The van der Waals surface area contributed by atoms with Gasteiger partial charge in [-0.05, 0) is 36.1 Å². The number of aliphatic hydroxyl groups excluding tert-OH is 1. The summed E-state index contributed by atoms with van der Waals surface area (Å²) in [5.41, 5.74) is 1.23. The number of nitro benzene ring substituents is 1. The number of thiazole rings is 1. The molecule has 36 heavy (non-hydrogen) atoms. The summed E-state index contributed by atoms with van der Waals surface area (Å²) >= 11 is 0.691. The zero-order valence-electron chi connectivity index (χ0n) is 19.4. The molecule has 1 atom stereocenters. The minimum atomic E-state index is -4.10. The van der Waals surface area contributed by atoms with Gasteiger partial charge in [0.2, 0.25) is 9.84 Å². The monoisotopic (exact) mass is 527 g/mol. The molecule has 0 saturated carbocycles. The lowest BCUT2D eigenvalue weighted by Crippen LogP contribution is -2.30. The molecule has 1 aliphatic rings. The Bertz CT molecular complexity index is 1510. The van der Waals surface area contributed by atoms with E-state index in [1.807, 2.05) is 26.0 Å². The number of hydrogen-bond acceptors (Lipinski definition) is 9. The van der Waals surface area contributed by atoms with Crippen LogP contribution >= 0.6 is 11.3 Å². The number of sulfone groups is 1. The summed E-state index contributed by atoms with van der Waals surface area (Å²) in [7, 11) is -4.10. The average Bonchev–Trinajstić information content (AvgIpc) is 3.43. The van der Waals surface area contributed by atoms with E-state index >= 15 is 0 Å². The Morgan fingerprint density at radius 3 is 2.28 bits per heavy atom. The van der Waals surface area contributed by atoms with E-state index in [9.17, 15) is 33.2 Å². The Hall–Kier alpha value is -3.90. The van der Waals surface area contributed by atoms with Crippen molar-refractivity contribution in [2.45, 2.75) is 41.8 Å². The van der Waals surface area contributed by atoms with Crippen molar-refractivity contribution >= 4 is 43.7 Å². The SMILES string of the molecule is CC(=O)C1=C(O)C(=O)N(c2ncc(S(=O)(=O)c3ccc([N+](=O)[O-])cc3)s2)C1c1ccc(C(C)C)cc1. The maximum atomic E-state index is 13.1. The van der Waals surface area contributed by atoms with Crippen LogP contribution in [0.3, 0.4) is 0 Å². The molecule has 3 aromatic rings. The lowest BCUT2D eigenvalue weighted by Gasteiger charge is -2.24. The molecule has 1 aromatic heterocycles. The van der Waals surface area contributed by atoms with Crippen LogP contribution < -0.4 is 4.90 Å². The number of carbonyl (C=O) groups is 2. The zero-order valence-corrected chi connectivity index (χ0v) is 21.0. The van der Waals surface area contributed by atoms with Gasteiger partial charge in [0, 0.05) is 12.1 Å². The predicted molar refractivity (Wildman–Crippen MR) is 132 cm³/mol. The molecule has 2 heterocycles. The van der Waals surface area contributed by atoms with E-state index in [1.54, 1.807) is 12.1 Å². The van der Waals surface area contributed by atoms with Gasteiger partial charge in [0.25, 0.3) is 11.6 Å². The summed E-state index contributed by atoms with van der Waals surface area (Å²) in [5, 5.41) is 21.4. The second-order valence-corrected chi connectivity index (χ2v) is 11.6. The zero-order chi connectivity index (χ0) is 26.4. The molecule has 186 valence electrons. The Kier molecular flexibility index (Phi) is 6.50. The molecule has 1 unspecified atom stereocenters. The number of rotatable bonds is 7. The minimum absolute atomic E-state index is 0.0266. The van der Waals surface area contributed by atoms with Crippen LogP contribution in [0.2, 0.25) is 0 Å². The molecular formula is C24H21N3O7S2. The van der Waals surface area contributed by atoms with Crippen molar-refractivity contribution < 1.29 is 28.0 Å². The summed E-state index contributed by atoms with van der Waals surface area (Å²) in [6.45, 7) is 5.29. The second-order valence-electron chi connectivity index (χ2n) is 8.43. The molecule has 0 fully saturated rings. The number of benzene rings is 2. The van der Waals surface area contributed by atoms with E-state index in [0.717, 1.165) is 40.9 Å². The largest absolute Gasteiger partial charge is 0.503 e. The van der Waals surface area contributed by atoms with Gasteiger partial charge in [-0.25, -0.2) is 13.4 Å². The van der Waals surface area contributed by atoms with Crippen molar-refractivity contribution in [3.05, 3.63) is 87.3 Å². The number of aromatic nitrogens is 1. The Labute approximate surface area is 210 Å². The fourth-order valence-corrected chi connectivity index (χ4v) is 6.44. The molecule has 10 nitrogen and oxygen atoms in total. The standard InChI is InChI=1S/C24H21N3O7S2/c1-13(2)15-4-6-16(7-5-15)21-20(14(3)28)22(29)23(30)26(21)24-25-12-19(35-24)36(33,34)18-10-8-17(9-11-18)27(31)32/h4-13,21,29H,1-3H3. The maximum Gasteiger partial charge on any atom is 0.296 e. The van der Waals surface area contributed by atoms with Crippen LogP contribution in [0.25, 0.3) is 0 Å². The summed E-state index contributed by atoms with van der Waals surface area (Å²) in [5.74, 6) is -1.83. The fourth-order valence-electron chi connectivity index (χ4n) is 3.89. The van der Waals surface area contributed by atoms with Gasteiger partial charge in [-0.3, -0.25) is 24.6 Å². The topological polar surface area (TPSA) is 148 Å². The van der Waals surface area contributed by atoms with Gasteiger partial charge in [0.05, 0.1) is 27.6 Å². The Balaban J connectivity index is 1.76. The lowest BCUT2D eigenvalue weighted by molar-refractivity contribution is -0.384. The molecule has 0 spiro atoms. The number of ketones is 1. The van der Waals surface area contributed by atoms with Crippen LogP contribution in [0.1, 0.15) is 43.9 Å². The number of amides is 1. The first-order chi connectivity index (χ1) is 16.9. The van der Waals surface area contributed by atoms with Crippen molar-refractivity contribution in [3.63, 3.8) is 0 Å². The predicted octanol–water partition coefficient (Wildman–Crippen LogP) is 4.50. The Morgan fingerprint density at radius 2 is 1.75 bits per heavy atom. The van der Waals surface area contributed by atoms with Crippen LogP contribution in [-0.2, 0) is 19.4 Å². The molecule has 1 aliphatic heterocycles. The van der Waals surface area contributed by atoms with Gasteiger partial charge >= 0.3 is 0 Å². The van der Waals surface area contributed by atoms with Crippen LogP contribution in [0.4, 0.5) is 10.8 Å². The second kappa shape index (κ2) is 9.28. The van der Waals surface area contributed by atoms with Crippen molar-refractivity contribution in [1.29, 1.82) is 0 Å². The molecule has 1 amide bonds. The van der Waals surface area contributed by atoms with E-state index < -0.39 is 38.3 Å². The van der Waals surface area contributed by atoms with Crippen LogP contribution in [0, 0.1) is 10.1 Å². The molecule has 0 bridgehead atoms. The molecule has 2 aromatic carbocycles. The average molecular weight is 528 g/mol. The van der Waals surface area contributed by atoms with E-state index in [-0.39, 0.29) is 31.4 Å². The number of carbonyl (C=O) groups excluding carboxylic acids is 2. The lowest BCUT2D eigenvalue weighted by atomic mass is 9.94. The van der Waals surface area contributed by atoms with Gasteiger partial charge in [0.15, 0.2) is 16.7 Å². The number of aliphatic hydroxyl groups is 1. The van der Waals surface area contributed by atoms with E-state index in [1.165, 1.54) is 6.92 Å². The number of Topliss-reactive ketones (excluding diaryl/α,β-unsaturated/α-hetero) is 1. The molecule has 0 saturated heterocycles. The van der Waals surface area contributed by atoms with Gasteiger partial charge in [0.1, 0.15) is 4.21 Å². The first-order valence-electron chi connectivity index (χ1n) is 10.8. The first-order valence-corrected chi connectivity index (χ1v) is 13.1. The third-order valence-corrected chi connectivity index (χ3v) is 9.03. The number of hydrogen-bond donors (Lipinski definition) is 1. The number of anilines is 1. The van der Waals surface area contributed by atoms with Crippen LogP contribution in [0.15, 0.2) is 75.2 Å². The number of nitro groups is 1. The normalized spacial score (nSPS) is 16.2. The molecule has 12 heteroatoms. The maximum absolute atomic E-state index is 13.1. The van der Waals surface area contributed by atoms with Crippen LogP contribution in [0.5, 0.6) is 0 Å². The van der Waals surface area contributed by atoms with Crippen molar-refractivity contribution in [2.24, 2.45) is 0 Å². The first kappa shape index (κ1) is 25.2. The molecular weight excluding hydrogens is 506 g/mol. The van der Waals surface area contributed by atoms with Crippen molar-refractivity contribution in [3.8, 4) is 0 Å². The van der Waals surface area contributed by atoms with Gasteiger partial charge in [-0.2, -0.15) is 0 Å². The number of nitrogens with zero attached hydrogens (tertiary/aromatic N) is 3. The summed E-state index contributed by atoms with van der Waals surface area (Å²) in [4.78, 5) is 40.7. The smallest absolute Gasteiger partial charge is 0.296 e. The number of non-ortho nitro benzene ring substituents is 1. The van der Waals surface area contributed by atoms with E-state index in [2.05, 4.69) is 4.98 Å². The summed E-state index contributed by atoms with van der Waals surface area (Å²) in [6, 6.07) is 10.6. The van der Waals surface area contributed by atoms with Crippen LogP contribution in [-0.4, -0.2) is 35.1 Å². The Morgan fingerprint density at radius 1 is 1.14 bits per heavy atom. The molecule has 0 aliphatic carbocycles. The highest BCUT2D eigenvalue weighted by Crippen LogP contribution is 2.43. The highest BCUT2D eigenvalue weighted by atomic mass is 32.2. The van der Waals surface area contributed by atoms with Gasteiger partial charge < -0.3 is 5.11 Å². The molecule has 0 radical (unpaired) electrons. The fraction of sp³-hybridized carbons (Fsp3) is 0.208. The van der Waals surface area contributed by atoms with E-state index in [4.69, 9.17) is 0 Å². The third kappa shape index (κ3) is 4.29.